The fourth-order valence-corrected chi connectivity index (χ4v) is 2.27. The third-order valence-electron chi connectivity index (χ3n) is 3.35. The molecule has 0 bridgehead atoms. The van der Waals surface area contributed by atoms with Crippen LogP contribution >= 0.6 is 0 Å². The van der Waals surface area contributed by atoms with Crippen LogP contribution < -0.4 is 5.73 Å². The molecule has 0 aliphatic carbocycles. The third-order valence-corrected chi connectivity index (χ3v) is 3.35. The average Bonchev–Trinajstić information content (AvgIpc) is 2.14. The lowest BCUT2D eigenvalue weighted by molar-refractivity contribution is 0.0129. The van der Waals surface area contributed by atoms with Crippen molar-refractivity contribution in [1.29, 1.82) is 0 Å². The first-order chi connectivity index (χ1) is 6.54. The van der Waals surface area contributed by atoms with Gasteiger partial charge in [0.2, 0.25) is 0 Å². The normalized spacial score (nSPS) is 34.1. The Morgan fingerprint density at radius 3 is 2.50 bits per heavy atom. The van der Waals surface area contributed by atoms with Crippen LogP contribution in [-0.4, -0.2) is 43.3 Å². The van der Waals surface area contributed by atoms with Gasteiger partial charge < -0.3 is 10.5 Å². The van der Waals surface area contributed by atoms with E-state index in [1.807, 2.05) is 0 Å². The molecule has 3 heteroatoms. The molecule has 1 fully saturated rings. The van der Waals surface area contributed by atoms with Gasteiger partial charge in [-0.3, -0.25) is 4.90 Å². The molecule has 1 saturated heterocycles. The van der Waals surface area contributed by atoms with Crippen molar-refractivity contribution in [3.05, 3.63) is 0 Å². The Morgan fingerprint density at radius 2 is 2.00 bits per heavy atom. The maximum absolute atomic E-state index is 6.01. The molecular formula is C11H24N2O. The highest BCUT2D eigenvalue weighted by atomic mass is 16.5. The highest BCUT2D eigenvalue weighted by Crippen LogP contribution is 2.19. The number of nitrogens with zero attached hydrogens (tertiary/aromatic N) is 1. The Bertz CT molecular complexity index is 165. The third kappa shape index (κ3) is 2.94. The SMILES string of the molecule is COC(C)C(C)N1CC(C)CC(N)C1. The van der Waals surface area contributed by atoms with Gasteiger partial charge in [-0.15, -0.1) is 0 Å². The van der Waals surface area contributed by atoms with Crippen molar-refractivity contribution in [1.82, 2.24) is 4.90 Å². The molecule has 4 unspecified atom stereocenters. The minimum atomic E-state index is 0.285. The van der Waals surface area contributed by atoms with Gasteiger partial charge in [0.1, 0.15) is 0 Å². The highest BCUT2D eigenvalue weighted by Gasteiger charge is 2.27. The first-order valence-electron chi connectivity index (χ1n) is 5.57. The first-order valence-corrected chi connectivity index (χ1v) is 5.57. The second-order valence-corrected chi connectivity index (χ2v) is 4.74. The lowest BCUT2D eigenvalue weighted by Gasteiger charge is -2.40. The minimum absolute atomic E-state index is 0.285. The number of hydrogen-bond donors (Lipinski definition) is 1. The maximum atomic E-state index is 6.01. The van der Waals surface area contributed by atoms with Crippen molar-refractivity contribution in [3.8, 4) is 0 Å². The van der Waals surface area contributed by atoms with Gasteiger partial charge in [0, 0.05) is 32.3 Å². The summed E-state index contributed by atoms with van der Waals surface area (Å²) in [4.78, 5) is 2.45. The second-order valence-electron chi connectivity index (χ2n) is 4.74. The van der Waals surface area contributed by atoms with Crippen molar-refractivity contribution >= 4 is 0 Å². The standard InChI is InChI=1S/C11H24N2O/c1-8-5-11(12)7-13(6-8)9(2)10(3)14-4/h8-11H,5-7,12H2,1-4H3. The molecule has 84 valence electrons. The Hall–Kier alpha value is -0.120. The molecule has 1 aliphatic rings. The van der Waals surface area contributed by atoms with Gasteiger partial charge >= 0.3 is 0 Å². The Morgan fingerprint density at radius 1 is 1.36 bits per heavy atom. The number of likely N-dealkylation sites (tertiary alicyclic amines) is 1. The average molecular weight is 200 g/mol. The summed E-state index contributed by atoms with van der Waals surface area (Å²) in [6.45, 7) is 8.78. The van der Waals surface area contributed by atoms with Gasteiger partial charge in [-0.05, 0) is 26.2 Å². The van der Waals surface area contributed by atoms with E-state index in [2.05, 4.69) is 25.7 Å². The summed E-state index contributed by atoms with van der Waals surface area (Å²) in [5.41, 5.74) is 6.01. The summed E-state index contributed by atoms with van der Waals surface area (Å²) >= 11 is 0. The van der Waals surface area contributed by atoms with E-state index in [9.17, 15) is 0 Å². The second kappa shape index (κ2) is 5.10. The van der Waals surface area contributed by atoms with E-state index in [1.165, 1.54) is 0 Å². The van der Waals surface area contributed by atoms with E-state index in [1.54, 1.807) is 7.11 Å². The lowest BCUT2D eigenvalue weighted by Crippen LogP contribution is -2.52. The number of nitrogens with two attached hydrogens (primary N) is 1. The fraction of sp³-hybridized carbons (Fsp3) is 1.00. The van der Waals surface area contributed by atoms with E-state index in [-0.39, 0.29) is 6.10 Å². The van der Waals surface area contributed by atoms with Crippen LogP contribution in [0.1, 0.15) is 27.2 Å². The van der Waals surface area contributed by atoms with Crippen LogP contribution in [0.5, 0.6) is 0 Å². The molecule has 0 amide bonds. The molecule has 1 heterocycles. The fourth-order valence-electron chi connectivity index (χ4n) is 2.27. The van der Waals surface area contributed by atoms with Gasteiger partial charge in [0.25, 0.3) is 0 Å². The van der Waals surface area contributed by atoms with Crippen LogP contribution in [0.15, 0.2) is 0 Å². The molecule has 14 heavy (non-hydrogen) atoms. The summed E-state index contributed by atoms with van der Waals surface area (Å²) in [5, 5.41) is 0. The van der Waals surface area contributed by atoms with Crippen LogP contribution in [0.2, 0.25) is 0 Å². The number of rotatable bonds is 3. The van der Waals surface area contributed by atoms with E-state index in [0.717, 1.165) is 19.5 Å². The van der Waals surface area contributed by atoms with Gasteiger partial charge in [-0.2, -0.15) is 0 Å². The van der Waals surface area contributed by atoms with E-state index < -0.39 is 0 Å². The zero-order valence-electron chi connectivity index (χ0n) is 9.86. The highest BCUT2D eigenvalue weighted by molar-refractivity contribution is 4.84. The summed E-state index contributed by atoms with van der Waals surface area (Å²) < 4.78 is 5.35. The predicted octanol–water partition coefficient (Wildman–Crippen LogP) is 1.08. The van der Waals surface area contributed by atoms with Crippen LogP contribution in [0.4, 0.5) is 0 Å². The molecule has 0 aromatic carbocycles. The zero-order chi connectivity index (χ0) is 10.7. The maximum Gasteiger partial charge on any atom is 0.0695 e. The Kier molecular flexibility index (Phi) is 4.35. The predicted molar refractivity (Wildman–Crippen MR) is 59.3 cm³/mol. The van der Waals surface area contributed by atoms with Gasteiger partial charge in [0.05, 0.1) is 6.10 Å². The summed E-state index contributed by atoms with van der Waals surface area (Å²) in [5.74, 6) is 0.713. The van der Waals surface area contributed by atoms with E-state index in [4.69, 9.17) is 10.5 Å². The van der Waals surface area contributed by atoms with E-state index in [0.29, 0.717) is 18.0 Å². The molecule has 0 spiro atoms. The van der Waals surface area contributed by atoms with Crippen LogP contribution in [0.3, 0.4) is 0 Å². The van der Waals surface area contributed by atoms with Crippen molar-refractivity contribution in [2.45, 2.75) is 45.4 Å². The molecule has 1 rings (SSSR count). The van der Waals surface area contributed by atoms with Crippen molar-refractivity contribution in [2.75, 3.05) is 20.2 Å². The van der Waals surface area contributed by atoms with E-state index >= 15 is 0 Å². The van der Waals surface area contributed by atoms with Gasteiger partial charge in [-0.1, -0.05) is 6.92 Å². The molecule has 0 aromatic rings. The molecule has 4 atom stereocenters. The molecule has 0 saturated carbocycles. The summed E-state index contributed by atoms with van der Waals surface area (Å²) in [6.07, 6.45) is 1.44. The van der Waals surface area contributed by atoms with Gasteiger partial charge in [0.15, 0.2) is 0 Å². The molecule has 0 radical (unpaired) electrons. The van der Waals surface area contributed by atoms with Crippen molar-refractivity contribution in [2.24, 2.45) is 11.7 Å². The number of hydrogen-bond acceptors (Lipinski definition) is 3. The number of ether oxygens (including phenoxy) is 1. The zero-order valence-corrected chi connectivity index (χ0v) is 9.86. The summed E-state index contributed by atoms with van der Waals surface area (Å²) in [6, 6.07) is 0.805. The van der Waals surface area contributed by atoms with Crippen LogP contribution in [0.25, 0.3) is 0 Å². The van der Waals surface area contributed by atoms with Crippen LogP contribution in [-0.2, 0) is 4.74 Å². The molecular weight excluding hydrogens is 176 g/mol. The number of methoxy groups -OCH3 is 1. The summed E-state index contributed by atoms with van der Waals surface area (Å²) in [7, 11) is 1.77. The topological polar surface area (TPSA) is 38.5 Å². The minimum Gasteiger partial charge on any atom is -0.380 e. The monoisotopic (exact) mass is 200 g/mol. The Labute approximate surface area is 87.6 Å². The van der Waals surface area contributed by atoms with Crippen LogP contribution in [0, 0.1) is 5.92 Å². The van der Waals surface area contributed by atoms with Crippen molar-refractivity contribution < 1.29 is 4.74 Å². The molecule has 3 nitrogen and oxygen atoms in total. The molecule has 0 aromatic heterocycles. The molecule has 1 aliphatic heterocycles. The lowest BCUT2D eigenvalue weighted by atomic mass is 9.94. The number of piperidine rings is 1. The molecule has 2 N–H and O–H groups in total. The quantitative estimate of drug-likeness (QED) is 0.741. The van der Waals surface area contributed by atoms with Crippen molar-refractivity contribution in [3.63, 3.8) is 0 Å². The smallest absolute Gasteiger partial charge is 0.0695 e. The Balaban J connectivity index is 2.50. The largest absolute Gasteiger partial charge is 0.380 e. The van der Waals surface area contributed by atoms with Gasteiger partial charge in [-0.25, -0.2) is 0 Å². The first kappa shape index (κ1) is 12.0.